The molecule has 4 rings (SSSR count). The molecular formula is C23H24N6O2. The van der Waals surface area contributed by atoms with Gasteiger partial charge >= 0.3 is 0 Å². The minimum atomic E-state index is -0.144. The minimum absolute atomic E-state index is 0.144. The Morgan fingerprint density at radius 3 is 2.55 bits per heavy atom. The van der Waals surface area contributed by atoms with Crippen LogP contribution in [0.1, 0.15) is 23.0 Å². The van der Waals surface area contributed by atoms with E-state index < -0.39 is 0 Å². The van der Waals surface area contributed by atoms with Crippen molar-refractivity contribution in [2.24, 2.45) is 7.05 Å². The average molecular weight is 416 g/mol. The lowest BCUT2D eigenvalue weighted by atomic mass is 10.2. The van der Waals surface area contributed by atoms with Crippen molar-refractivity contribution in [1.82, 2.24) is 29.4 Å². The molecule has 0 bridgehead atoms. The third-order valence-electron chi connectivity index (χ3n) is 5.08. The number of furan rings is 1. The van der Waals surface area contributed by atoms with E-state index >= 15 is 0 Å². The summed E-state index contributed by atoms with van der Waals surface area (Å²) in [6, 6.07) is 13.6. The van der Waals surface area contributed by atoms with Crippen molar-refractivity contribution >= 4 is 12.0 Å². The Balaban J connectivity index is 1.60. The van der Waals surface area contributed by atoms with Crippen LogP contribution in [0.3, 0.4) is 0 Å². The fourth-order valence-corrected chi connectivity index (χ4v) is 3.14. The zero-order chi connectivity index (χ0) is 22.0. The number of amides is 1. The van der Waals surface area contributed by atoms with E-state index in [4.69, 9.17) is 9.52 Å². The van der Waals surface area contributed by atoms with Crippen molar-refractivity contribution in [2.75, 3.05) is 7.05 Å². The van der Waals surface area contributed by atoms with Crippen LogP contribution < -0.4 is 0 Å². The number of hydrogen-bond donors (Lipinski definition) is 0. The zero-order valence-corrected chi connectivity index (χ0v) is 18.0. The molecule has 3 aromatic heterocycles. The van der Waals surface area contributed by atoms with Crippen molar-refractivity contribution in [1.29, 1.82) is 0 Å². The summed E-state index contributed by atoms with van der Waals surface area (Å²) in [5.41, 5.74) is 2.38. The molecular weight excluding hydrogens is 392 g/mol. The Kier molecular flexibility index (Phi) is 5.53. The van der Waals surface area contributed by atoms with Crippen molar-refractivity contribution in [3.63, 3.8) is 0 Å². The highest BCUT2D eigenvalue weighted by atomic mass is 16.3. The maximum absolute atomic E-state index is 12.7. The predicted molar refractivity (Wildman–Crippen MR) is 117 cm³/mol. The molecule has 0 N–H and O–H groups in total. The Hall–Kier alpha value is -3.94. The molecule has 0 aliphatic carbocycles. The van der Waals surface area contributed by atoms with E-state index in [9.17, 15) is 4.79 Å². The van der Waals surface area contributed by atoms with Crippen LogP contribution in [-0.2, 0) is 18.4 Å². The standard InChI is InChI=1S/C23H24N6O2/c1-16-10-12-20(31-16)23-18(14-29(26-23)19-8-6-5-7-9-19)11-13-22(30)27(3)15-21-25-24-17(2)28(21)4/h5-14H,15H2,1-4H3. The number of carbonyl (C=O) groups excluding carboxylic acids is 1. The first kappa shape index (κ1) is 20.3. The summed E-state index contributed by atoms with van der Waals surface area (Å²) in [4.78, 5) is 14.3. The van der Waals surface area contributed by atoms with Gasteiger partial charge in [-0.05, 0) is 44.2 Å². The molecule has 8 nitrogen and oxygen atoms in total. The SMILES string of the molecule is Cc1ccc(-c2nn(-c3ccccc3)cc2C=CC(=O)N(C)Cc2nnc(C)n2C)o1. The summed E-state index contributed by atoms with van der Waals surface area (Å²) in [6.07, 6.45) is 5.19. The summed E-state index contributed by atoms with van der Waals surface area (Å²) in [5.74, 6) is 2.84. The number of aryl methyl sites for hydroxylation is 2. The van der Waals surface area contributed by atoms with E-state index in [1.807, 2.05) is 74.1 Å². The molecule has 0 aliphatic heterocycles. The van der Waals surface area contributed by atoms with E-state index in [-0.39, 0.29) is 5.91 Å². The Bertz CT molecular complexity index is 1230. The Morgan fingerprint density at radius 1 is 1.13 bits per heavy atom. The van der Waals surface area contributed by atoms with Crippen molar-refractivity contribution in [3.8, 4) is 17.1 Å². The van der Waals surface area contributed by atoms with Crippen LogP contribution in [-0.4, -0.2) is 42.4 Å². The highest BCUT2D eigenvalue weighted by molar-refractivity contribution is 5.92. The molecule has 0 aliphatic rings. The molecule has 3 heterocycles. The van der Waals surface area contributed by atoms with Gasteiger partial charge in [0.15, 0.2) is 11.6 Å². The van der Waals surface area contributed by atoms with Gasteiger partial charge in [-0.1, -0.05) is 18.2 Å². The molecule has 0 unspecified atom stereocenters. The highest BCUT2D eigenvalue weighted by Gasteiger charge is 2.15. The van der Waals surface area contributed by atoms with Gasteiger partial charge in [0, 0.05) is 31.9 Å². The molecule has 0 saturated carbocycles. The van der Waals surface area contributed by atoms with Gasteiger partial charge in [0.1, 0.15) is 17.3 Å². The van der Waals surface area contributed by atoms with Gasteiger partial charge in [-0.25, -0.2) is 4.68 Å². The first-order valence-electron chi connectivity index (χ1n) is 9.92. The molecule has 0 spiro atoms. The first-order chi connectivity index (χ1) is 14.9. The topological polar surface area (TPSA) is 82.0 Å². The lowest BCUT2D eigenvalue weighted by molar-refractivity contribution is -0.125. The first-order valence-corrected chi connectivity index (χ1v) is 9.92. The average Bonchev–Trinajstić information content (AvgIpc) is 3.47. The highest BCUT2D eigenvalue weighted by Crippen LogP contribution is 2.26. The van der Waals surface area contributed by atoms with Gasteiger partial charge in [0.2, 0.25) is 5.91 Å². The minimum Gasteiger partial charge on any atom is -0.460 e. The maximum atomic E-state index is 12.7. The van der Waals surface area contributed by atoms with Crippen molar-refractivity contribution < 1.29 is 9.21 Å². The number of nitrogens with zero attached hydrogens (tertiary/aromatic N) is 6. The van der Waals surface area contributed by atoms with E-state index in [1.165, 1.54) is 6.08 Å². The quantitative estimate of drug-likeness (QED) is 0.449. The van der Waals surface area contributed by atoms with Crippen LogP contribution >= 0.6 is 0 Å². The molecule has 0 radical (unpaired) electrons. The summed E-state index contributed by atoms with van der Waals surface area (Å²) in [7, 11) is 3.62. The van der Waals surface area contributed by atoms with Crippen LogP contribution in [0.25, 0.3) is 23.2 Å². The van der Waals surface area contributed by atoms with E-state index in [2.05, 4.69) is 10.2 Å². The van der Waals surface area contributed by atoms with Crippen LogP contribution in [0.2, 0.25) is 0 Å². The Morgan fingerprint density at radius 2 is 1.90 bits per heavy atom. The second-order valence-corrected chi connectivity index (χ2v) is 7.37. The molecule has 4 aromatic rings. The van der Waals surface area contributed by atoms with Crippen LogP contribution in [0.15, 0.2) is 59.2 Å². The van der Waals surface area contributed by atoms with Crippen LogP contribution in [0.4, 0.5) is 0 Å². The molecule has 0 atom stereocenters. The number of hydrogen-bond acceptors (Lipinski definition) is 5. The van der Waals surface area contributed by atoms with Crippen molar-refractivity contribution in [2.45, 2.75) is 20.4 Å². The number of rotatable bonds is 6. The van der Waals surface area contributed by atoms with Crippen LogP contribution in [0, 0.1) is 13.8 Å². The predicted octanol–water partition coefficient (Wildman–Crippen LogP) is 3.55. The lowest BCUT2D eigenvalue weighted by Gasteiger charge is -2.14. The van der Waals surface area contributed by atoms with E-state index in [1.54, 1.807) is 22.7 Å². The fraction of sp³-hybridized carbons (Fsp3) is 0.217. The van der Waals surface area contributed by atoms with Gasteiger partial charge in [-0.2, -0.15) is 5.10 Å². The third kappa shape index (κ3) is 4.32. The molecule has 31 heavy (non-hydrogen) atoms. The Labute approximate surface area is 180 Å². The smallest absolute Gasteiger partial charge is 0.246 e. The zero-order valence-electron chi connectivity index (χ0n) is 18.0. The second-order valence-electron chi connectivity index (χ2n) is 7.37. The molecule has 1 amide bonds. The molecule has 158 valence electrons. The largest absolute Gasteiger partial charge is 0.460 e. The molecule has 1 aromatic carbocycles. The molecule has 8 heteroatoms. The van der Waals surface area contributed by atoms with Gasteiger partial charge in [-0.3, -0.25) is 4.79 Å². The van der Waals surface area contributed by atoms with E-state index in [0.717, 1.165) is 28.7 Å². The summed E-state index contributed by atoms with van der Waals surface area (Å²) >= 11 is 0. The van der Waals surface area contributed by atoms with E-state index in [0.29, 0.717) is 18.0 Å². The molecule has 0 fully saturated rings. The second kappa shape index (κ2) is 8.43. The van der Waals surface area contributed by atoms with Gasteiger partial charge < -0.3 is 13.9 Å². The van der Waals surface area contributed by atoms with Gasteiger partial charge in [-0.15, -0.1) is 10.2 Å². The van der Waals surface area contributed by atoms with Gasteiger partial charge in [0.25, 0.3) is 0 Å². The maximum Gasteiger partial charge on any atom is 0.246 e. The lowest BCUT2D eigenvalue weighted by Crippen LogP contribution is -2.25. The number of para-hydroxylation sites is 1. The van der Waals surface area contributed by atoms with Crippen LogP contribution in [0.5, 0.6) is 0 Å². The normalized spacial score (nSPS) is 11.4. The fourth-order valence-electron chi connectivity index (χ4n) is 3.14. The number of benzene rings is 1. The number of likely N-dealkylation sites (N-methyl/N-ethyl adjacent to an activating group) is 1. The number of aromatic nitrogens is 5. The summed E-state index contributed by atoms with van der Waals surface area (Å²) in [6.45, 7) is 4.13. The number of carbonyl (C=O) groups is 1. The summed E-state index contributed by atoms with van der Waals surface area (Å²) in [5, 5.41) is 12.8. The van der Waals surface area contributed by atoms with Gasteiger partial charge in [0.05, 0.1) is 12.2 Å². The monoisotopic (exact) mass is 416 g/mol. The summed E-state index contributed by atoms with van der Waals surface area (Å²) < 4.78 is 9.44. The molecule has 0 saturated heterocycles. The van der Waals surface area contributed by atoms with Crippen molar-refractivity contribution in [3.05, 3.63) is 77.7 Å². The third-order valence-corrected chi connectivity index (χ3v) is 5.08.